The topological polar surface area (TPSA) is 47.6 Å². The van der Waals surface area contributed by atoms with Gasteiger partial charge in [-0.1, -0.05) is 6.92 Å². The summed E-state index contributed by atoms with van der Waals surface area (Å²) in [7, 11) is 1.44. The first-order valence-electron chi connectivity index (χ1n) is 6.46. The highest BCUT2D eigenvalue weighted by atomic mass is 32.2. The standard InChI is InChI=1S/C13H25NO3S/c1-9(2)14-13(4,12(15)16-5)6-10(3)18-11-7-17-8-11/h9-11,14H,6-8H2,1-5H3. The van der Waals surface area contributed by atoms with Crippen LogP contribution in [0.2, 0.25) is 0 Å². The number of ether oxygens (including phenoxy) is 2. The van der Waals surface area contributed by atoms with Gasteiger partial charge in [0.1, 0.15) is 5.54 Å². The highest BCUT2D eigenvalue weighted by Crippen LogP contribution is 2.29. The van der Waals surface area contributed by atoms with E-state index in [0.717, 1.165) is 19.6 Å². The van der Waals surface area contributed by atoms with Gasteiger partial charge < -0.3 is 9.47 Å². The van der Waals surface area contributed by atoms with Gasteiger partial charge in [0.15, 0.2) is 0 Å². The molecule has 1 aliphatic rings. The lowest BCUT2D eigenvalue weighted by Gasteiger charge is -2.34. The number of thioether (sulfide) groups is 1. The zero-order chi connectivity index (χ0) is 13.8. The van der Waals surface area contributed by atoms with Crippen LogP contribution in [0.4, 0.5) is 0 Å². The normalized spacial score (nSPS) is 21.2. The molecular formula is C13H25NO3S. The van der Waals surface area contributed by atoms with Crippen LogP contribution in [0.25, 0.3) is 0 Å². The molecule has 1 rings (SSSR count). The second-order valence-electron chi connectivity index (χ2n) is 5.43. The van der Waals surface area contributed by atoms with Crippen molar-refractivity contribution in [2.45, 2.75) is 56.2 Å². The molecule has 1 N–H and O–H groups in total. The Labute approximate surface area is 114 Å². The second-order valence-corrected chi connectivity index (χ2v) is 7.18. The summed E-state index contributed by atoms with van der Waals surface area (Å²) in [5.41, 5.74) is -0.611. The fourth-order valence-corrected chi connectivity index (χ4v) is 3.74. The third kappa shape index (κ3) is 4.44. The summed E-state index contributed by atoms with van der Waals surface area (Å²) in [5, 5.41) is 4.31. The first kappa shape index (κ1) is 15.8. The van der Waals surface area contributed by atoms with E-state index in [1.54, 1.807) is 0 Å². The van der Waals surface area contributed by atoms with E-state index in [1.165, 1.54) is 7.11 Å². The largest absolute Gasteiger partial charge is 0.468 e. The fourth-order valence-electron chi connectivity index (χ4n) is 2.31. The molecule has 2 atom stereocenters. The summed E-state index contributed by atoms with van der Waals surface area (Å²) in [4.78, 5) is 12.0. The Balaban J connectivity index is 2.55. The van der Waals surface area contributed by atoms with Gasteiger partial charge in [0.25, 0.3) is 0 Å². The lowest BCUT2D eigenvalue weighted by molar-refractivity contribution is -0.148. The zero-order valence-electron chi connectivity index (χ0n) is 12.0. The van der Waals surface area contributed by atoms with Gasteiger partial charge in [-0.2, -0.15) is 11.8 Å². The van der Waals surface area contributed by atoms with Gasteiger partial charge in [-0.15, -0.1) is 0 Å². The molecule has 2 unspecified atom stereocenters. The lowest BCUT2D eigenvalue weighted by Crippen LogP contribution is -2.54. The van der Waals surface area contributed by atoms with E-state index in [0.29, 0.717) is 10.5 Å². The van der Waals surface area contributed by atoms with Crippen molar-refractivity contribution in [1.29, 1.82) is 0 Å². The summed E-state index contributed by atoms with van der Waals surface area (Å²) in [6.45, 7) is 9.83. The first-order valence-corrected chi connectivity index (χ1v) is 7.41. The van der Waals surface area contributed by atoms with Crippen molar-refractivity contribution >= 4 is 17.7 Å². The fraction of sp³-hybridized carbons (Fsp3) is 0.923. The highest BCUT2D eigenvalue weighted by Gasteiger charge is 2.37. The van der Waals surface area contributed by atoms with Crippen molar-refractivity contribution in [2.24, 2.45) is 0 Å². The van der Waals surface area contributed by atoms with E-state index >= 15 is 0 Å². The number of carbonyl (C=O) groups is 1. The molecule has 1 fully saturated rings. The number of rotatable bonds is 7. The van der Waals surface area contributed by atoms with Gasteiger partial charge in [-0.05, 0) is 27.2 Å². The van der Waals surface area contributed by atoms with E-state index in [1.807, 2.05) is 32.5 Å². The molecule has 0 aromatic heterocycles. The molecule has 18 heavy (non-hydrogen) atoms. The Morgan fingerprint density at radius 2 is 2.11 bits per heavy atom. The average Bonchev–Trinajstić information content (AvgIpc) is 2.21. The van der Waals surface area contributed by atoms with E-state index < -0.39 is 5.54 Å². The van der Waals surface area contributed by atoms with E-state index in [9.17, 15) is 4.79 Å². The van der Waals surface area contributed by atoms with Crippen molar-refractivity contribution in [2.75, 3.05) is 20.3 Å². The van der Waals surface area contributed by atoms with Crippen molar-refractivity contribution in [3.63, 3.8) is 0 Å². The predicted molar refractivity (Wildman–Crippen MR) is 75.0 cm³/mol. The predicted octanol–water partition coefficient (Wildman–Crippen LogP) is 1.83. The Kier molecular flexibility index (Phi) is 5.95. The maximum atomic E-state index is 12.0. The van der Waals surface area contributed by atoms with Crippen molar-refractivity contribution in [3.05, 3.63) is 0 Å². The van der Waals surface area contributed by atoms with E-state index in [-0.39, 0.29) is 12.0 Å². The first-order chi connectivity index (χ1) is 8.37. The monoisotopic (exact) mass is 275 g/mol. The van der Waals surface area contributed by atoms with Gasteiger partial charge in [0.05, 0.1) is 25.6 Å². The van der Waals surface area contributed by atoms with Crippen molar-refractivity contribution < 1.29 is 14.3 Å². The van der Waals surface area contributed by atoms with Crippen LogP contribution in [0.3, 0.4) is 0 Å². The van der Waals surface area contributed by atoms with Gasteiger partial charge in [0.2, 0.25) is 0 Å². The highest BCUT2D eigenvalue weighted by molar-refractivity contribution is 8.00. The number of hydrogen-bond acceptors (Lipinski definition) is 5. The third-order valence-corrected chi connectivity index (χ3v) is 4.26. The van der Waals surface area contributed by atoms with Gasteiger partial charge >= 0.3 is 5.97 Å². The van der Waals surface area contributed by atoms with Crippen LogP contribution in [-0.2, 0) is 14.3 Å². The minimum absolute atomic E-state index is 0.187. The Bertz CT molecular complexity index is 281. The molecule has 106 valence electrons. The molecule has 0 amide bonds. The molecule has 0 aromatic rings. The molecule has 5 heteroatoms. The Morgan fingerprint density at radius 3 is 2.50 bits per heavy atom. The average molecular weight is 275 g/mol. The van der Waals surface area contributed by atoms with Crippen LogP contribution in [0, 0.1) is 0 Å². The van der Waals surface area contributed by atoms with Crippen LogP contribution >= 0.6 is 11.8 Å². The van der Waals surface area contributed by atoms with Crippen LogP contribution in [0.1, 0.15) is 34.1 Å². The molecule has 0 spiro atoms. The maximum absolute atomic E-state index is 12.0. The molecule has 1 heterocycles. The SMILES string of the molecule is COC(=O)C(C)(CC(C)SC1COC1)NC(C)C. The van der Waals surface area contributed by atoms with Crippen LogP contribution in [0.15, 0.2) is 0 Å². The molecule has 0 bridgehead atoms. The molecule has 0 aromatic carbocycles. The number of carbonyl (C=O) groups excluding carboxylic acids is 1. The molecule has 0 radical (unpaired) electrons. The summed E-state index contributed by atoms with van der Waals surface area (Å²) in [6.07, 6.45) is 0.763. The zero-order valence-corrected chi connectivity index (χ0v) is 12.8. The number of hydrogen-bond donors (Lipinski definition) is 1. The third-order valence-electron chi connectivity index (χ3n) is 2.97. The molecular weight excluding hydrogens is 250 g/mol. The van der Waals surface area contributed by atoms with Crippen LogP contribution in [0.5, 0.6) is 0 Å². The number of methoxy groups -OCH3 is 1. The number of esters is 1. The van der Waals surface area contributed by atoms with Gasteiger partial charge in [-0.3, -0.25) is 10.1 Å². The maximum Gasteiger partial charge on any atom is 0.325 e. The second kappa shape index (κ2) is 6.78. The van der Waals surface area contributed by atoms with Gasteiger partial charge in [-0.25, -0.2) is 0 Å². The van der Waals surface area contributed by atoms with Gasteiger partial charge in [0, 0.05) is 11.3 Å². The Hall–Kier alpha value is -0.260. The molecule has 1 saturated heterocycles. The Morgan fingerprint density at radius 1 is 1.50 bits per heavy atom. The van der Waals surface area contributed by atoms with E-state index in [2.05, 4.69) is 12.2 Å². The summed E-state index contributed by atoms with van der Waals surface area (Å²) >= 11 is 1.90. The summed E-state index contributed by atoms with van der Waals surface area (Å²) in [5.74, 6) is -0.187. The molecule has 4 nitrogen and oxygen atoms in total. The van der Waals surface area contributed by atoms with Crippen molar-refractivity contribution in [3.8, 4) is 0 Å². The molecule has 0 saturated carbocycles. The number of nitrogens with one attached hydrogen (secondary N) is 1. The lowest BCUT2D eigenvalue weighted by atomic mass is 9.95. The summed E-state index contributed by atoms with van der Waals surface area (Å²) < 4.78 is 10.1. The quantitative estimate of drug-likeness (QED) is 0.718. The minimum atomic E-state index is -0.611. The smallest absolute Gasteiger partial charge is 0.325 e. The van der Waals surface area contributed by atoms with Crippen LogP contribution < -0.4 is 5.32 Å². The van der Waals surface area contributed by atoms with Crippen molar-refractivity contribution in [1.82, 2.24) is 5.32 Å². The molecule has 1 aliphatic heterocycles. The van der Waals surface area contributed by atoms with Crippen LogP contribution in [-0.4, -0.2) is 48.4 Å². The minimum Gasteiger partial charge on any atom is -0.468 e. The van der Waals surface area contributed by atoms with E-state index in [4.69, 9.17) is 9.47 Å². The summed E-state index contributed by atoms with van der Waals surface area (Å²) in [6, 6.07) is 0.248. The molecule has 0 aliphatic carbocycles.